The number of aryl methyl sites for hydroxylation is 1. The molecule has 128 valence electrons. The van der Waals surface area contributed by atoms with Crippen molar-refractivity contribution >= 4 is 5.97 Å². The van der Waals surface area contributed by atoms with E-state index in [4.69, 9.17) is 5.11 Å². The zero-order chi connectivity index (χ0) is 17.3. The Bertz CT molecular complexity index is 749. The van der Waals surface area contributed by atoms with Gasteiger partial charge in [-0.1, -0.05) is 17.3 Å². The fourth-order valence-electron chi connectivity index (χ4n) is 3.30. The molecular weight excluding hydrogens is 318 g/mol. The number of benzene rings is 1. The van der Waals surface area contributed by atoms with Gasteiger partial charge in [-0.15, -0.1) is 5.10 Å². The zero-order valence-electron chi connectivity index (χ0n) is 13.2. The standard InChI is InChI=1S/C16H18F2N4O2/c1-21-9-14(19-20-21)12-8-22(7-11(12)5-15(23)24)6-10-3-2-4-13(17)16(10)18/h2-4,9,11-12H,5-8H2,1H3,(H,23,24)/t11-,12+/m0/s1. The summed E-state index contributed by atoms with van der Waals surface area (Å²) >= 11 is 0. The van der Waals surface area contributed by atoms with E-state index in [0.29, 0.717) is 13.1 Å². The Labute approximate surface area is 137 Å². The Morgan fingerprint density at radius 3 is 2.83 bits per heavy atom. The smallest absolute Gasteiger partial charge is 0.303 e. The number of nitrogens with zero attached hydrogens (tertiary/aromatic N) is 4. The Hall–Kier alpha value is -2.35. The van der Waals surface area contributed by atoms with Crippen LogP contribution < -0.4 is 0 Å². The maximum absolute atomic E-state index is 13.9. The lowest BCUT2D eigenvalue weighted by Crippen LogP contribution is -2.21. The van der Waals surface area contributed by atoms with Gasteiger partial charge in [0.05, 0.1) is 12.1 Å². The molecule has 2 heterocycles. The lowest BCUT2D eigenvalue weighted by atomic mass is 9.91. The van der Waals surface area contributed by atoms with Crippen molar-refractivity contribution in [3.8, 4) is 0 Å². The molecule has 0 aliphatic carbocycles. The molecule has 1 aliphatic rings. The maximum atomic E-state index is 13.9. The van der Waals surface area contributed by atoms with E-state index in [1.165, 1.54) is 6.07 Å². The lowest BCUT2D eigenvalue weighted by molar-refractivity contribution is -0.138. The molecule has 2 atom stereocenters. The van der Waals surface area contributed by atoms with Crippen LogP contribution in [0.4, 0.5) is 8.78 Å². The first kappa shape index (κ1) is 16.5. The number of hydrogen-bond acceptors (Lipinski definition) is 4. The van der Waals surface area contributed by atoms with E-state index < -0.39 is 17.6 Å². The van der Waals surface area contributed by atoms with Crippen LogP contribution in [0.3, 0.4) is 0 Å². The lowest BCUT2D eigenvalue weighted by Gasteiger charge is -2.16. The van der Waals surface area contributed by atoms with Crippen LogP contribution in [-0.2, 0) is 18.4 Å². The summed E-state index contributed by atoms with van der Waals surface area (Å²) in [5, 5.41) is 17.1. The molecule has 0 bridgehead atoms. The molecule has 1 fully saturated rings. The van der Waals surface area contributed by atoms with E-state index in [2.05, 4.69) is 10.3 Å². The normalized spacial score (nSPS) is 21.3. The van der Waals surface area contributed by atoms with Gasteiger partial charge in [-0.2, -0.15) is 0 Å². The monoisotopic (exact) mass is 336 g/mol. The number of carboxylic acid groups (broad SMARTS) is 1. The second-order valence-corrected chi connectivity index (χ2v) is 6.19. The highest BCUT2D eigenvalue weighted by molar-refractivity contribution is 5.67. The molecule has 0 saturated carbocycles. The average molecular weight is 336 g/mol. The van der Waals surface area contributed by atoms with Gasteiger partial charge in [0.1, 0.15) is 0 Å². The Morgan fingerprint density at radius 1 is 1.38 bits per heavy atom. The molecule has 0 unspecified atom stereocenters. The van der Waals surface area contributed by atoms with Gasteiger partial charge >= 0.3 is 5.97 Å². The van der Waals surface area contributed by atoms with Gasteiger partial charge in [-0.05, 0) is 12.0 Å². The van der Waals surface area contributed by atoms with Crippen molar-refractivity contribution in [2.24, 2.45) is 13.0 Å². The van der Waals surface area contributed by atoms with Gasteiger partial charge in [0.25, 0.3) is 0 Å². The summed E-state index contributed by atoms with van der Waals surface area (Å²) in [5.41, 5.74) is 0.995. The fourth-order valence-corrected chi connectivity index (χ4v) is 3.30. The van der Waals surface area contributed by atoms with Crippen LogP contribution >= 0.6 is 0 Å². The summed E-state index contributed by atoms with van der Waals surface area (Å²) in [6, 6.07) is 4.09. The van der Waals surface area contributed by atoms with E-state index in [-0.39, 0.29) is 30.4 Å². The molecule has 24 heavy (non-hydrogen) atoms. The first-order valence-electron chi connectivity index (χ1n) is 7.67. The number of hydrogen-bond donors (Lipinski definition) is 1. The quantitative estimate of drug-likeness (QED) is 0.901. The van der Waals surface area contributed by atoms with Crippen molar-refractivity contribution in [2.75, 3.05) is 13.1 Å². The van der Waals surface area contributed by atoms with E-state index >= 15 is 0 Å². The number of rotatable bonds is 5. The van der Waals surface area contributed by atoms with Gasteiger partial charge < -0.3 is 5.11 Å². The number of carbonyl (C=O) groups is 1. The minimum atomic E-state index is -0.882. The molecule has 1 N–H and O–H groups in total. The molecule has 6 nitrogen and oxygen atoms in total. The number of halogens is 2. The summed E-state index contributed by atoms with van der Waals surface area (Å²) in [5.74, 6) is -2.84. The third kappa shape index (κ3) is 3.43. The van der Waals surface area contributed by atoms with Gasteiger partial charge in [0.2, 0.25) is 0 Å². The maximum Gasteiger partial charge on any atom is 0.303 e. The zero-order valence-corrected chi connectivity index (χ0v) is 13.2. The van der Waals surface area contributed by atoms with Gasteiger partial charge in [0.15, 0.2) is 11.6 Å². The molecule has 1 aromatic carbocycles. The second-order valence-electron chi connectivity index (χ2n) is 6.19. The van der Waals surface area contributed by atoms with Crippen LogP contribution in [0.2, 0.25) is 0 Å². The van der Waals surface area contributed by atoms with E-state index in [0.717, 1.165) is 11.8 Å². The van der Waals surface area contributed by atoms with Gasteiger partial charge in [-0.3, -0.25) is 14.4 Å². The van der Waals surface area contributed by atoms with Crippen LogP contribution in [0, 0.1) is 17.6 Å². The Balaban J connectivity index is 1.78. The minimum Gasteiger partial charge on any atom is -0.481 e. The summed E-state index contributed by atoms with van der Waals surface area (Å²) in [4.78, 5) is 13.1. The first-order chi connectivity index (χ1) is 11.4. The van der Waals surface area contributed by atoms with Crippen molar-refractivity contribution in [1.29, 1.82) is 0 Å². The van der Waals surface area contributed by atoms with Crippen molar-refractivity contribution in [3.05, 3.63) is 47.3 Å². The first-order valence-corrected chi connectivity index (χ1v) is 7.67. The molecule has 2 aromatic rings. The summed E-state index contributed by atoms with van der Waals surface area (Å²) in [6.07, 6.45) is 1.77. The highest BCUT2D eigenvalue weighted by Gasteiger charge is 2.37. The predicted octanol–water partition coefficient (Wildman–Crippen LogP) is 1.78. The van der Waals surface area contributed by atoms with Crippen molar-refractivity contribution in [2.45, 2.75) is 18.9 Å². The second kappa shape index (κ2) is 6.64. The van der Waals surface area contributed by atoms with Crippen molar-refractivity contribution < 1.29 is 18.7 Å². The highest BCUT2D eigenvalue weighted by atomic mass is 19.2. The Morgan fingerprint density at radius 2 is 2.17 bits per heavy atom. The summed E-state index contributed by atoms with van der Waals surface area (Å²) in [7, 11) is 1.75. The molecule has 3 rings (SSSR count). The number of aliphatic carboxylic acids is 1. The molecule has 0 radical (unpaired) electrons. The average Bonchev–Trinajstić information content (AvgIpc) is 3.10. The van der Waals surface area contributed by atoms with Crippen LogP contribution in [0.5, 0.6) is 0 Å². The third-order valence-corrected chi connectivity index (χ3v) is 4.38. The number of likely N-dealkylation sites (tertiary alicyclic amines) is 1. The largest absolute Gasteiger partial charge is 0.481 e. The summed E-state index contributed by atoms with van der Waals surface area (Å²) in [6.45, 7) is 1.26. The molecule has 1 saturated heterocycles. The minimum absolute atomic E-state index is 0.00335. The third-order valence-electron chi connectivity index (χ3n) is 4.38. The van der Waals surface area contributed by atoms with Crippen LogP contribution in [0.25, 0.3) is 0 Å². The predicted molar refractivity (Wildman–Crippen MR) is 81.1 cm³/mol. The van der Waals surface area contributed by atoms with Crippen LogP contribution in [0.1, 0.15) is 23.6 Å². The SMILES string of the molecule is Cn1cc([C@@H]2CN(Cc3cccc(F)c3F)C[C@@H]2CC(=O)O)nn1. The Kier molecular flexibility index (Phi) is 4.57. The molecule has 1 aromatic heterocycles. The molecule has 8 heteroatoms. The molecule has 0 spiro atoms. The highest BCUT2D eigenvalue weighted by Crippen LogP contribution is 2.34. The van der Waals surface area contributed by atoms with Gasteiger partial charge in [0, 0.05) is 44.4 Å². The number of aromatic nitrogens is 3. The van der Waals surface area contributed by atoms with Crippen molar-refractivity contribution in [3.63, 3.8) is 0 Å². The van der Waals surface area contributed by atoms with Crippen molar-refractivity contribution in [1.82, 2.24) is 19.9 Å². The van der Waals surface area contributed by atoms with Gasteiger partial charge in [-0.25, -0.2) is 8.78 Å². The van der Waals surface area contributed by atoms with E-state index in [1.54, 1.807) is 24.0 Å². The molecular formula is C16H18F2N4O2. The van der Waals surface area contributed by atoms with Crippen LogP contribution in [-0.4, -0.2) is 44.1 Å². The fraction of sp³-hybridized carbons (Fsp3) is 0.438. The molecule has 0 amide bonds. The number of carboxylic acids is 1. The van der Waals surface area contributed by atoms with E-state index in [9.17, 15) is 13.6 Å². The topological polar surface area (TPSA) is 71.2 Å². The van der Waals surface area contributed by atoms with Crippen LogP contribution in [0.15, 0.2) is 24.4 Å². The summed E-state index contributed by atoms with van der Waals surface area (Å²) < 4.78 is 28.8. The molecule has 1 aliphatic heterocycles. The van der Waals surface area contributed by atoms with E-state index in [1.807, 2.05) is 4.90 Å².